The van der Waals surface area contributed by atoms with Gasteiger partial charge in [-0.3, -0.25) is 0 Å². The summed E-state index contributed by atoms with van der Waals surface area (Å²) < 4.78 is 2.26. The van der Waals surface area contributed by atoms with Crippen LogP contribution in [0.1, 0.15) is 44.9 Å². The van der Waals surface area contributed by atoms with Gasteiger partial charge in [-0.05, 0) is 37.4 Å². The Morgan fingerprint density at radius 1 is 1.24 bits per heavy atom. The molecule has 0 aliphatic heterocycles. The third-order valence-electron chi connectivity index (χ3n) is 5.45. The highest BCUT2D eigenvalue weighted by Crippen LogP contribution is 2.39. The van der Waals surface area contributed by atoms with Gasteiger partial charge in [-0.15, -0.1) is 0 Å². The fraction of sp³-hybridized carbons (Fsp3) is 0.611. The van der Waals surface area contributed by atoms with Gasteiger partial charge in [-0.2, -0.15) is 0 Å². The average Bonchev–Trinajstić information content (AvgIpc) is 2.82. The molecular weight excluding hydrogens is 258 g/mol. The van der Waals surface area contributed by atoms with Gasteiger partial charge in [0.2, 0.25) is 0 Å². The number of para-hydroxylation sites is 2. The second-order valence-electron chi connectivity index (χ2n) is 6.84. The number of aryl methyl sites for hydroxylation is 1. The van der Waals surface area contributed by atoms with Crippen LogP contribution < -0.4 is 5.32 Å². The number of rotatable bonds is 4. The summed E-state index contributed by atoms with van der Waals surface area (Å²) >= 11 is 0. The molecule has 3 nitrogen and oxygen atoms in total. The molecule has 1 aromatic heterocycles. The van der Waals surface area contributed by atoms with Crippen molar-refractivity contribution in [2.45, 2.75) is 51.5 Å². The zero-order valence-corrected chi connectivity index (χ0v) is 13.5. The van der Waals surface area contributed by atoms with Crippen molar-refractivity contribution in [3.8, 4) is 0 Å². The summed E-state index contributed by atoms with van der Waals surface area (Å²) in [5, 5.41) is 3.58. The summed E-state index contributed by atoms with van der Waals surface area (Å²) in [6.07, 6.45) is 7.83. The van der Waals surface area contributed by atoms with Gasteiger partial charge < -0.3 is 9.88 Å². The molecule has 114 valence electrons. The van der Waals surface area contributed by atoms with Crippen LogP contribution >= 0.6 is 0 Å². The van der Waals surface area contributed by atoms with Gasteiger partial charge in [0.05, 0.1) is 11.0 Å². The van der Waals surface area contributed by atoms with Crippen LogP contribution in [0.2, 0.25) is 0 Å². The molecule has 21 heavy (non-hydrogen) atoms. The second kappa shape index (κ2) is 5.80. The molecule has 1 aliphatic carbocycles. The number of hydrogen-bond donors (Lipinski definition) is 1. The molecule has 0 saturated heterocycles. The second-order valence-corrected chi connectivity index (χ2v) is 6.84. The van der Waals surface area contributed by atoms with Crippen molar-refractivity contribution >= 4 is 11.0 Å². The molecule has 0 spiro atoms. The maximum atomic E-state index is 4.85. The number of nitrogens with zero attached hydrogens (tertiary/aromatic N) is 2. The number of imidazole rings is 1. The highest BCUT2D eigenvalue weighted by atomic mass is 15.1. The molecule has 1 heterocycles. The van der Waals surface area contributed by atoms with Crippen LogP contribution in [0.5, 0.6) is 0 Å². The molecule has 1 aromatic carbocycles. The summed E-state index contributed by atoms with van der Waals surface area (Å²) in [7, 11) is 4.24. The Kier molecular flexibility index (Phi) is 4.03. The lowest BCUT2D eigenvalue weighted by molar-refractivity contribution is 0.147. The van der Waals surface area contributed by atoms with Crippen molar-refractivity contribution in [2.24, 2.45) is 12.5 Å². The number of hydrogen-bond acceptors (Lipinski definition) is 2. The van der Waals surface area contributed by atoms with Crippen molar-refractivity contribution in [3.63, 3.8) is 0 Å². The predicted octanol–water partition coefficient (Wildman–Crippen LogP) is 3.67. The molecule has 1 aliphatic rings. The topological polar surface area (TPSA) is 29.9 Å². The van der Waals surface area contributed by atoms with Gasteiger partial charge in [-0.25, -0.2) is 4.98 Å². The van der Waals surface area contributed by atoms with E-state index in [4.69, 9.17) is 4.98 Å². The summed E-state index contributed by atoms with van der Waals surface area (Å²) in [5.74, 6) is 1.20. The third-order valence-corrected chi connectivity index (χ3v) is 5.45. The molecule has 0 amide bonds. The van der Waals surface area contributed by atoms with Crippen LogP contribution in [0.25, 0.3) is 11.0 Å². The Morgan fingerprint density at radius 2 is 1.95 bits per heavy atom. The first-order chi connectivity index (χ1) is 10.1. The molecule has 1 fully saturated rings. The van der Waals surface area contributed by atoms with Gasteiger partial charge in [0.25, 0.3) is 0 Å². The van der Waals surface area contributed by atoms with Crippen LogP contribution in [-0.4, -0.2) is 22.6 Å². The molecule has 3 rings (SSSR count). The van der Waals surface area contributed by atoms with Gasteiger partial charge in [0.1, 0.15) is 5.82 Å². The monoisotopic (exact) mass is 285 g/mol. The smallest absolute Gasteiger partial charge is 0.111 e. The fourth-order valence-electron chi connectivity index (χ4n) is 3.97. The van der Waals surface area contributed by atoms with Crippen LogP contribution in [-0.2, 0) is 13.5 Å². The Hall–Kier alpha value is -1.35. The van der Waals surface area contributed by atoms with E-state index >= 15 is 0 Å². The average molecular weight is 285 g/mol. The van der Waals surface area contributed by atoms with Crippen LogP contribution in [0.15, 0.2) is 24.3 Å². The van der Waals surface area contributed by atoms with Gasteiger partial charge in [0, 0.05) is 19.5 Å². The molecule has 1 N–H and O–H groups in total. The maximum absolute atomic E-state index is 4.85. The van der Waals surface area contributed by atoms with Crippen molar-refractivity contribution in [1.82, 2.24) is 14.9 Å². The van der Waals surface area contributed by atoms with E-state index in [1.54, 1.807) is 0 Å². The minimum Gasteiger partial charge on any atom is -0.331 e. The van der Waals surface area contributed by atoms with Gasteiger partial charge in [-0.1, -0.05) is 38.3 Å². The van der Waals surface area contributed by atoms with Gasteiger partial charge >= 0.3 is 0 Å². The lowest BCUT2D eigenvalue weighted by Crippen LogP contribution is -2.45. The quantitative estimate of drug-likeness (QED) is 0.929. The molecule has 1 atom stereocenters. The van der Waals surface area contributed by atoms with E-state index in [0.29, 0.717) is 11.5 Å². The van der Waals surface area contributed by atoms with E-state index in [0.717, 1.165) is 11.9 Å². The van der Waals surface area contributed by atoms with E-state index in [1.807, 2.05) is 0 Å². The zero-order valence-electron chi connectivity index (χ0n) is 13.5. The first-order valence-electron chi connectivity index (χ1n) is 8.22. The summed E-state index contributed by atoms with van der Waals surface area (Å²) in [6, 6.07) is 8.93. The minimum atomic E-state index is 0.408. The molecule has 1 unspecified atom stereocenters. The van der Waals surface area contributed by atoms with Gasteiger partial charge in [0.15, 0.2) is 0 Å². The third kappa shape index (κ3) is 2.71. The van der Waals surface area contributed by atoms with E-state index in [-0.39, 0.29) is 0 Å². The van der Waals surface area contributed by atoms with E-state index in [2.05, 4.69) is 55.2 Å². The first kappa shape index (κ1) is 14.6. The van der Waals surface area contributed by atoms with Crippen LogP contribution in [0.3, 0.4) is 0 Å². The summed E-state index contributed by atoms with van der Waals surface area (Å²) in [4.78, 5) is 4.85. The number of likely N-dealkylation sites (N-methyl/N-ethyl adjacent to an activating group) is 1. The number of nitrogens with one attached hydrogen (secondary N) is 1. The zero-order chi connectivity index (χ0) is 14.9. The first-order valence-corrected chi connectivity index (χ1v) is 8.22. The SMILES string of the molecule is CNC(Cc1nc2ccccc2n1C)C1(C)CCCCC1. The number of aromatic nitrogens is 2. The Labute approximate surface area is 127 Å². The molecular formula is C18H27N3. The Balaban J connectivity index is 1.87. The van der Waals surface area contributed by atoms with Crippen molar-refractivity contribution in [1.29, 1.82) is 0 Å². The molecule has 2 aromatic rings. The number of benzene rings is 1. The summed E-state index contributed by atoms with van der Waals surface area (Å²) in [5.41, 5.74) is 2.75. The van der Waals surface area contributed by atoms with E-state index < -0.39 is 0 Å². The molecule has 1 saturated carbocycles. The summed E-state index contributed by atoms with van der Waals surface area (Å²) in [6.45, 7) is 2.45. The molecule has 0 radical (unpaired) electrons. The van der Waals surface area contributed by atoms with E-state index in [1.165, 1.54) is 43.4 Å². The van der Waals surface area contributed by atoms with E-state index in [9.17, 15) is 0 Å². The highest BCUT2D eigenvalue weighted by Gasteiger charge is 2.35. The Morgan fingerprint density at radius 3 is 2.62 bits per heavy atom. The van der Waals surface area contributed by atoms with Crippen molar-refractivity contribution < 1.29 is 0 Å². The largest absolute Gasteiger partial charge is 0.331 e. The van der Waals surface area contributed by atoms with Crippen LogP contribution in [0, 0.1) is 5.41 Å². The lowest BCUT2D eigenvalue weighted by Gasteiger charge is -2.40. The van der Waals surface area contributed by atoms with Crippen molar-refractivity contribution in [2.75, 3.05) is 7.05 Å². The lowest BCUT2D eigenvalue weighted by atomic mass is 9.69. The maximum Gasteiger partial charge on any atom is 0.111 e. The predicted molar refractivity (Wildman–Crippen MR) is 88.5 cm³/mol. The van der Waals surface area contributed by atoms with Crippen molar-refractivity contribution in [3.05, 3.63) is 30.1 Å². The number of fused-ring (bicyclic) bond motifs is 1. The highest BCUT2D eigenvalue weighted by molar-refractivity contribution is 5.75. The minimum absolute atomic E-state index is 0.408. The normalized spacial score (nSPS) is 19.8. The Bertz CT molecular complexity index is 608. The van der Waals surface area contributed by atoms with Crippen LogP contribution in [0.4, 0.5) is 0 Å². The molecule has 3 heteroatoms. The fourth-order valence-corrected chi connectivity index (χ4v) is 3.97. The standard InChI is InChI=1S/C18H27N3/c1-18(11-7-4-8-12-18)16(19-2)13-17-20-14-9-5-6-10-15(14)21(17)3/h5-6,9-10,16,19H,4,7-8,11-13H2,1-3H3. The molecule has 0 bridgehead atoms.